The molecular weight excluding hydrogens is 218 g/mol. The summed E-state index contributed by atoms with van der Waals surface area (Å²) < 4.78 is 7.02. The molecule has 0 aliphatic rings. The van der Waals surface area contributed by atoms with Gasteiger partial charge in [-0.25, -0.2) is 4.98 Å². The van der Waals surface area contributed by atoms with E-state index in [0.717, 1.165) is 0 Å². The van der Waals surface area contributed by atoms with Crippen molar-refractivity contribution in [2.45, 2.75) is 6.54 Å². The van der Waals surface area contributed by atoms with Crippen LogP contribution in [0.5, 0.6) is 5.75 Å². The summed E-state index contributed by atoms with van der Waals surface area (Å²) in [4.78, 5) is 15.3. The van der Waals surface area contributed by atoms with E-state index in [1.165, 1.54) is 6.07 Å². The maximum Gasteiger partial charge on any atom is 0.250 e. The monoisotopic (exact) mass is 231 g/mol. The number of aromatic nitrogens is 2. The number of nitrogens with two attached hydrogens (primary N) is 1. The van der Waals surface area contributed by atoms with Gasteiger partial charge in [0.05, 0.1) is 6.54 Å². The van der Waals surface area contributed by atoms with E-state index >= 15 is 0 Å². The van der Waals surface area contributed by atoms with Crippen LogP contribution in [-0.2, 0) is 6.54 Å². The molecule has 0 aliphatic carbocycles. The molecule has 0 saturated heterocycles. The molecule has 0 aromatic carbocycles. The predicted octanol–water partition coefficient (Wildman–Crippen LogP) is 0.905. The van der Waals surface area contributed by atoms with Gasteiger partial charge in [0.15, 0.2) is 11.6 Å². The molecule has 0 spiro atoms. The maximum atomic E-state index is 11.4. The third-order valence-electron chi connectivity index (χ3n) is 2.29. The van der Waals surface area contributed by atoms with Crippen LogP contribution < -0.4 is 16.0 Å². The minimum absolute atomic E-state index is 0.0461. The molecule has 2 N–H and O–H groups in total. The largest absolute Gasteiger partial charge is 0.488 e. The first-order chi connectivity index (χ1) is 8.27. The predicted molar refractivity (Wildman–Crippen MR) is 64.8 cm³/mol. The SMILES string of the molecule is Nc1ncccc1OCCn1ccccc1=O. The third kappa shape index (κ3) is 2.84. The van der Waals surface area contributed by atoms with Crippen molar-refractivity contribution in [1.82, 2.24) is 9.55 Å². The standard InChI is InChI=1S/C12H13N3O2/c13-12-10(4-3-6-14-12)17-9-8-15-7-2-1-5-11(15)16/h1-7H,8-9H2,(H2,13,14). The highest BCUT2D eigenvalue weighted by Crippen LogP contribution is 2.16. The van der Waals surface area contributed by atoms with Crippen LogP contribution in [0.4, 0.5) is 5.82 Å². The minimum Gasteiger partial charge on any atom is -0.488 e. The summed E-state index contributed by atoms with van der Waals surface area (Å²) in [6, 6.07) is 8.52. The molecule has 0 aliphatic heterocycles. The summed E-state index contributed by atoms with van der Waals surface area (Å²) >= 11 is 0. The van der Waals surface area contributed by atoms with Gasteiger partial charge >= 0.3 is 0 Å². The first-order valence-electron chi connectivity index (χ1n) is 5.26. The van der Waals surface area contributed by atoms with Crippen LogP contribution in [0.1, 0.15) is 0 Å². The van der Waals surface area contributed by atoms with Crippen LogP contribution in [0.25, 0.3) is 0 Å². The number of ether oxygens (including phenoxy) is 1. The summed E-state index contributed by atoms with van der Waals surface area (Å²) in [6.07, 6.45) is 3.32. The highest BCUT2D eigenvalue weighted by atomic mass is 16.5. The van der Waals surface area contributed by atoms with Gasteiger partial charge in [-0.3, -0.25) is 4.79 Å². The zero-order valence-electron chi connectivity index (χ0n) is 9.24. The number of anilines is 1. The molecule has 0 bridgehead atoms. The summed E-state index contributed by atoms with van der Waals surface area (Å²) in [5.74, 6) is 0.893. The van der Waals surface area contributed by atoms with Crippen LogP contribution in [0.3, 0.4) is 0 Å². The Kier molecular flexibility index (Phi) is 3.40. The molecule has 0 amide bonds. The maximum absolute atomic E-state index is 11.4. The number of nitrogen functional groups attached to an aromatic ring is 1. The van der Waals surface area contributed by atoms with Gasteiger partial charge in [0, 0.05) is 18.5 Å². The van der Waals surface area contributed by atoms with Gasteiger partial charge < -0.3 is 15.0 Å². The Morgan fingerprint density at radius 2 is 2.18 bits per heavy atom. The highest BCUT2D eigenvalue weighted by Gasteiger charge is 2.00. The van der Waals surface area contributed by atoms with Gasteiger partial charge in [-0.1, -0.05) is 6.07 Å². The number of hydrogen-bond acceptors (Lipinski definition) is 4. The quantitative estimate of drug-likeness (QED) is 0.848. The second-order valence-electron chi connectivity index (χ2n) is 3.47. The van der Waals surface area contributed by atoms with E-state index in [0.29, 0.717) is 24.7 Å². The van der Waals surface area contributed by atoms with Gasteiger partial charge in [-0.2, -0.15) is 0 Å². The Hall–Kier alpha value is -2.30. The molecule has 0 radical (unpaired) electrons. The normalized spacial score (nSPS) is 10.1. The second kappa shape index (κ2) is 5.16. The van der Waals surface area contributed by atoms with Crippen molar-refractivity contribution < 1.29 is 4.74 Å². The van der Waals surface area contributed by atoms with E-state index in [1.807, 2.05) is 0 Å². The molecular formula is C12H13N3O2. The Bertz CT molecular complexity index is 551. The van der Waals surface area contributed by atoms with Gasteiger partial charge in [0.25, 0.3) is 5.56 Å². The molecule has 17 heavy (non-hydrogen) atoms. The Morgan fingerprint density at radius 3 is 2.94 bits per heavy atom. The number of pyridine rings is 2. The molecule has 0 atom stereocenters. The lowest BCUT2D eigenvalue weighted by atomic mass is 10.4. The first kappa shape index (κ1) is 11.2. The molecule has 2 aromatic heterocycles. The van der Waals surface area contributed by atoms with Gasteiger partial charge in [-0.05, 0) is 18.2 Å². The molecule has 0 unspecified atom stereocenters. The fourth-order valence-electron chi connectivity index (χ4n) is 1.42. The van der Waals surface area contributed by atoms with E-state index in [4.69, 9.17) is 10.5 Å². The molecule has 5 nitrogen and oxygen atoms in total. The van der Waals surface area contributed by atoms with E-state index in [9.17, 15) is 4.79 Å². The Balaban J connectivity index is 1.95. The van der Waals surface area contributed by atoms with Crippen molar-refractivity contribution in [3.05, 3.63) is 53.1 Å². The van der Waals surface area contributed by atoms with Crippen molar-refractivity contribution in [2.75, 3.05) is 12.3 Å². The summed E-state index contributed by atoms with van der Waals surface area (Å²) in [5, 5.41) is 0. The lowest BCUT2D eigenvalue weighted by Crippen LogP contribution is -2.21. The van der Waals surface area contributed by atoms with Crippen molar-refractivity contribution in [2.24, 2.45) is 0 Å². The summed E-state index contributed by atoms with van der Waals surface area (Å²) in [7, 11) is 0. The molecule has 2 rings (SSSR count). The zero-order chi connectivity index (χ0) is 12.1. The Labute approximate surface area is 98.5 Å². The van der Waals surface area contributed by atoms with Crippen molar-refractivity contribution in [3.8, 4) is 5.75 Å². The third-order valence-corrected chi connectivity index (χ3v) is 2.29. The molecule has 0 saturated carbocycles. The lowest BCUT2D eigenvalue weighted by molar-refractivity contribution is 0.297. The highest BCUT2D eigenvalue weighted by molar-refractivity contribution is 5.44. The topological polar surface area (TPSA) is 70.1 Å². The molecule has 2 aromatic rings. The molecule has 5 heteroatoms. The van der Waals surface area contributed by atoms with Gasteiger partial charge in [0.1, 0.15) is 6.61 Å². The van der Waals surface area contributed by atoms with Gasteiger partial charge in [0.2, 0.25) is 0 Å². The van der Waals surface area contributed by atoms with Crippen molar-refractivity contribution in [1.29, 1.82) is 0 Å². The number of rotatable bonds is 4. The minimum atomic E-state index is -0.0461. The summed E-state index contributed by atoms with van der Waals surface area (Å²) in [6.45, 7) is 0.855. The van der Waals surface area contributed by atoms with Gasteiger partial charge in [-0.15, -0.1) is 0 Å². The molecule has 2 heterocycles. The van der Waals surface area contributed by atoms with Crippen LogP contribution in [0.2, 0.25) is 0 Å². The van der Waals surface area contributed by atoms with Crippen LogP contribution >= 0.6 is 0 Å². The van der Waals surface area contributed by atoms with E-state index in [1.54, 1.807) is 41.2 Å². The van der Waals surface area contributed by atoms with Crippen LogP contribution in [0, 0.1) is 0 Å². The first-order valence-corrected chi connectivity index (χ1v) is 5.26. The molecule has 0 fully saturated rings. The lowest BCUT2D eigenvalue weighted by Gasteiger charge is -2.08. The fraction of sp³-hybridized carbons (Fsp3) is 0.167. The fourth-order valence-corrected chi connectivity index (χ4v) is 1.42. The number of hydrogen-bond donors (Lipinski definition) is 1. The van der Waals surface area contributed by atoms with Crippen LogP contribution in [-0.4, -0.2) is 16.2 Å². The average Bonchev–Trinajstić information content (AvgIpc) is 2.34. The Morgan fingerprint density at radius 1 is 1.29 bits per heavy atom. The smallest absolute Gasteiger partial charge is 0.250 e. The number of nitrogens with zero attached hydrogens (tertiary/aromatic N) is 2. The van der Waals surface area contributed by atoms with E-state index < -0.39 is 0 Å². The second-order valence-corrected chi connectivity index (χ2v) is 3.47. The van der Waals surface area contributed by atoms with Crippen LogP contribution in [0.15, 0.2) is 47.5 Å². The zero-order valence-corrected chi connectivity index (χ0v) is 9.24. The average molecular weight is 231 g/mol. The van der Waals surface area contributed by atoms with Crippen molar-refractivity contribution in [3.63, 3.8) is 0 Å². The summed E-state index contributed by atoms with van der Waals surface area (Å²) in [5.41, 5.74) is 5.58. The van der Waals surface area contributed by atoms with E-state index in [-0.39, 0.29) is 5.56 Å². The van der Waals surface area contributed by atoms with Crippen molar-refractivity contribution >= 4 is 5.82 Å². The van der Waals surface area contributed by atoms with E-state index in [2.05, 4.69) is 4.98 Å². The molecule has 88 valence electrons.